The molecule has 2 fully saturated rings. The molecule has 1 aromatic carbocycles. The number of methoxy groups -OCH3 is 1. The lowest BCUT2D eigenvalue weighted by Crippen LogP contribution is -2.58. The number of carbonyl (C=O) groups excluding carboxylic acids is 1. The van der Waals surface area contributed by atoms with Gasteiger partial charge in [0, 0.05) is 31.2 Å². The van der Waals surface area contributed by atoms with Crippen LogP contribution in [0.3, 0.4) is 0 Å². The van der Waals surface area contributed by atoms with Crippen LogP contribution in [0.5, 0.6) is 5.75 Å². The zero-order chi connectivity index (χ0) is 19.3. The number of nitrogens with zero attached hydrogens (tertiary/aromatic N) is 1. The molecular formula is C20H30FN3O3. The lowest BCUT2D eigenvalue weighted by atomic mass is 9.87. The van der Waals surface area contributed by atoms with Crippen molar-refractivity contribution in [3.63, 3.8) is 0 Å². The van der Waals surface area contributed by atoms with Crippen molar-refractivity contribution in [2.75, 3.05) is 45.7 Å². The second kappa shape index (κ2) is 8.89. The zero-order valence-corrected chi connectivity index (χ0v) is 16.1. The summed E-state index contributed by atoms with van der Waals surface area (Å²) >= 11 is 0. The van der Waals surface area contributed by atoms with Gasteiger partial charge in [-0.05, 0) is 18.9 Å². The number of nitrogen functional groups attached to an aromatic ring is 1. The van der Waals surface area contributed by atoms with E-state index in [2.05, 4.69) is 10.2 Å². The minimum atomic E-state index is -0.613. The van der Waals surface area contributed by atoms with Crippen LogP contribution in [0.2, 0.25) is 0 Å². The van der Waals surface area contributed by atoms with Crippen molar-refractivity contribution < 1.29 is 18.7 Å². The number of anilines is 1. The fraction of sp³-hybridized carbons (Fsp3) is 0.650. The summed E-state index contributed by atoms with van der Waals surface area (Å²) in [6.07, 6.45) is 6.90. The van der Waals surface area contributed by atoms with E-state index >= 15 is 0 Å². The Morgan fingerprint density at radius 1 is 1.26 bits per heavy atom. The van der Waals surface area contributed by atoms with Gasteiger partial charge >= 0.3 is 0 Å². The van der Waals surface area contributed by atoms with E-state index in [4.69, 9.17) is 15.2 Å². The first-order valence-corrected chi connectivity index (χ1v) is 9.80. The van der Waals surface area contributed by atoms with Gasteiger partial charge in [0.1, 0.15) is 11.6 Å². The average Bonchev–Trinajstić information content (AvgIpc) is 2.95. The molecule has 150 valence electrons. The van der Waals surface area contributed by atoms with Crippen molar-refractivity contribution in [1.82, 2.24) is 10.2 Å². The minimum Gasteiger partial charge on any atom is -0.496 e. The maximum Gasteiger partial charge on any atom is 0.255 e. The van der Waals surface area contributed by atoms with Gasteiger partial charge in [0.15, 0.2) is 0 Å². The molecule has 3 N–H and O–H groups in total. The fourth-order valence-corrected chi connectivity index (χ4v) is 4.28. The predicted molar refractivity (Wildman–Crippen MR) is 103 cm³/mol. The predicted octanol–water partition coefficient (Wildman–Crippen LogP) is 2.57. The molecule has 0 aromatic heterocycles. The average molecular weight is 379 g/mol. The van der Waals surface area contributed by atoms with E-state index in [1.54, 1.807) is 0 Å². The molecule has 7 heteroatoms. The van der Waals surface area contributed by atoms with Crippen molar-refractivity contribution in [1.29, 1.82) is 0 Å². The molecule has 0 radical (unpaired) electrons. The maximum absolute atomic E-state index is 13.9. The normalized spacial score (nSPS) is 20.7. The summed E-state index contributed by atoms with van der Waals surface area (Å²) in [5.74, 6) is -0.659. The van der Waals surface area contributed by atoms with Crippen LogP contribution < -0.4 is 15.8 Å². The summed E-state index contributed by atoms with van der Waals surface area (Å²) in [6, 6.07) is 2.51. The number of hydrogen-bond donors (Lipinski definition) is 2. The molecule has 1 heterocycles. The maximum atomic E-state index is 13.9. The number of benzene rings is 1. The molecule has 6 nitrogen and oxygen atoms in total. The Morgan fingerprint density at radius 2 is 1.93 bits per heavy atom. The quantitative estimate of drug-likeness (QED) is 0.607. The van der Waals surface area contributed by atoms with Gasteiger partial charge in [-0.15, -0.1) is 0 Å². The zero-order valence-electron chi connectivity index (χ0n) is 16.1. The third-order valence-electron chi connectivity index (χ3n) is 5.86. The van der Waals surface area contributed by atoms with E-state index in [0.29, 0.717) is 6.54 Å². The number of morpholine rings is 1. The van der Waals surface area contributed by atoms with Gasteiger partial charge in [-0.3, -0.25) is 9.69 Å². The van der Waals surface area contributed by atoms with Crippen molar-refractivity contribution in [3.8, 4) is 5.75 Å². The highest BCUT2D eigenvalue weighted by Gasteiger charge is 2.38. The first-order chi connectivity index (χ1) is 13.1. The van der Waals surface area contributed by atoms with Gasteiger partial charge in [0.05, 0.1) is 31.6 Å². The van der Waals surface area contributed by atoms with Gasteiger partial charge in [0.2, 0.25) is 0 Å². The van der Waals surface area contributed by atoms with Crippen molar-refractivity contribution >= 4 is 11.6 Å². The Balaban J connectivity index is 1.77. The molecule has 1 saturated heterocycles. The molecule has 0 spiro atoms. The molecule has 1 saturated carbocycles. The first-order valence-electron chi connectivity index (χ1n) is 9.80. The second-order valence-electron chi connectivity index (χ2n) is 7.49. The van der Waals surface area contributed by atoms with Crippen LogP contribution >= 0.6 is 0 Å². The molecule has 2 aliphatic rings. The SMILES string of the molecule is COc1cc(N)c(F)cc1C(=O)NCC1(N2CCOCC2)CCCCCC1. The van der Waals surface area contributed by atoms with Crippen molar-refractivity contribution in [2.24, 2.45) is 0 Å². The van der Waals surface area contributed by atoms with Crippen LogP contribution in [0.1, 0.15) is 48.9 Å². The van der Waals surface area contributed by atoms with E-state index in [0.717, 1.165) is 58.1 Å². The van der Waals surface area contributed by atoms with Crippen LogP contribution in [0.15, 0.2) is 12.1 Å². The molecule has 27 heavy (non-hydrogen) atoms. The van der Waals surface area contributed by atoms with Gasteiger partial charge < -0.3 is 20.5 Å². The third kappa shape index (κ3) is 4.52. The number of rotatable bonds is 5. The molecule has 1 amide bonds. The Labute approximate surface area is 160 Å². The van der Waals surface area contributed by atoms with Crippen LogP contribution in [0.25, 0.3) is 0 Å². The first kappa shape index (κ1) is 19.9. The molecular weight excluding hydrogens is 349 g/mol. The summed E-state index contributed by atoms with van der Waals surface area (Å²) in [5, 5.41) is 3.05. The van der Waals surface area contributed by atoms with Crippen molar-refractivity contribution in [3.05, 3.63) is 23.5 Å². The number of carbonyl (C=O) groups is 1. The second-order valence-corrected chi connectivity index (χ2v) is 7.49. The Kier molecular flexibility index (Phi) is 6.55. The van der Waals surface area contributed by atoms with E-state index in [1.165, 1.54) is 26.0 Å². The summed E-state index contributed by atoms with van der Waals surface area (Å²) in [7, 11) is 1.45. The van der Waals surface area contributed by atoms with Gasteiger partial charge in [-0.2, -0.15) is 0 Å². The number of halogens is 1. The Bertz CT molecular complexity index is 654. The van der Waals surface area contributed by atoms with Crippen LogP contribution in [-0.2, 0) is 4.74 Å². The fourth-order valence-electron chi connectivity index (χ4n) is 4.28. The number of hydrogen-bond acceptors (Lipinski definition) is 5. The minimum absolute atomic E-state index is 0.0306. The summed E-state index contributed by atoms with van der Waals surface area (Å²) in [4.78, 5) is 15.3. The third-order valence-corrected chi connectivity index (χ3v) is 5.86. The van der Waals surface area contributed by atoms with E-state index in [9.17, 15) is 9.18 Å². The standard InChI is InChI=1S/C20H30FN3O3/c1-26-18-13-17(22)16(21)12-15(18)19(25)23-14-20(6-4-2-3-5-7-20)24-8-10-27-11-9-24/h12-13H,2-11,14,22H2,1H3,(H,23,25). The van der Waals surface area contributed by atoms with Gasteiger partial charge in [0.25, 0.3) is 5.91 Å². The Morgan fingerprint density at radius 3 is 2.56 bits per heavy atom. The molecule has 1 aliphatic carbocycles. The van der Waals surface area contributed by atoms with Gasteiger partial charge in [-0.25, -0.2) is 4.39 Å². The molecule has 0 bridgehead atoms. The lowest BCUT2D eigenvalue weighted by Gasteiger charge is -2.45. The smallest absolute Gasteiger partial charge is 0.255 e. The lowest BCUT2D eigenvalue weighted by molar-refractivity contribution is -0.0281. The van der Waals surface area contributed by atoms with Gasteiger partial charge in [-0.1, -0.05) is 25.7 Å². The largest absolute Gasteiger partial charge is 0.496 e. The number of nitrogens with one attached hydrogen (secondary N) is 1. The highest BCUT2D eigenvalue weighted by molar-refractivity contribution is 5.97. The van der Waals surface area contributed by atoms with Crippen molar-refractivity contribution in [2.45, 2.75) is 44.1 Å². The van der Waals surface area contributed by atoms with Crippen LogP contribution in [0.4, 0.5) is 10.1 Å². The molecule has 0 unspecified atom stereocenters. The Hall–Kier alpha value is -1.86. The molecule has 0 atom stereocenters. The molecule has 1 aromatic rings. The van der Waals surface area contributed by atoms with Crippen LogP contribution in [-0.4, -0.2) is 56.3 Å². The van der Waals surface area contributed by atoms with E-state index in [-0.39, 0.29) is 28.4 Å². The highest BCUT2D eigenvalue weighted by Crippen LogP contribution is 2.33. The van der Waals surface area contributed by atoms with Crippen LogP contribution in [0, 0.1) is 5.82 Å². The number of ether oxygens (including phenoxy) is 2. The topological polar surface area (TPSA) is 76.8 Å². The highest BCUT2D eigenvalue weighted by atomic mass is 19.1. The number of amides is 1. The summed E-state index contributed by atoms with van der Waals surface area (Å²) in [5.41, 5.74) is 5.67. The molecule has 3 rings (SSSR count). The number of nitrogens with two attached hydrogens (primary N) is 1. The van der Waals surface area contributed by atoms with E-state index in [1.807, 2.05) is 0 Å². The van der Waals surface area contributed by atoms with E-state index < -0.39 is 5.82 Å². The monoisotopic (exact) mass is 379 g/mol. The molecule has 1 aliphatic heterocycles. The summed E-state index contributed by atoms with van der Waals surface area (Å²) in [6.45, 7) is 3.77. The summed E-state index contributed by atoms with van der Waals surface area (Å²) < 4.78 is 24.6.